The molecule has 1 aliphatic rings. The number of hydrogen-bond acceptors (Lipinski definition) is 7. The first kappa shape index (κ1) is 20.9. The Balaban J connectivity index is 1.63. The van der Waals surface area contributed by atoms with E-state index in [2.05, 4.69) is 10.2 Å². The third-order valence-electron chi connectivity index (χ3n) is 6.17. The maximum atomic E-state index is 13.1. The zero-order valence-electron chi connectivity index (χ0n) is 19.0. The van der Waals surface area contributed by atoms with Crippen molar-refractivity contribution in [1.29, 1.82) is 0 Å². The molecule has 5 rings (SSSR count). The molecule has 2 heterocycles. The van der Waals surface area contributed by atoms with Gasteiger partial charge < -0.3 is 14.2 Å². The van der Waals surface area contributed by atoms with Crippen molar-refractivity contribution in [3.63, 3.8) is 0 Å². The second-order valence-electron chi connectivity index (χ2n) is 8.04. The number of Topliss-reactive ketones (excluding diaryl/α,β-unsaturated/α-hetero) is 1. The number of carbonyl (C=O) groups is 1. The van der Waals surface area contributed by atoms with E-state index in [-0.39, 0.29) is 11.7 Å². The number of hydrogen-bond donors (Lipinski definition) is 0. The highest BCUT2D eigenvalue weighted by atomic mass is 16.5. The van der Waals surface area contributed by atoms with Crippen LogP contribution in [-0.2, 0) is 6.42 Å². The molecule has 8 nitrogen and oxygen atoms in total. The Labute approximate surface area is 191 Å². The molecule has 168 valence electrons. The summed E-state index contributed by atoms with van der Waals surface area (Å²) in [5, 5.41) is 13.5. The van der Waals surface area contributed by atoms with Crippen molar-refractivity contribution in [1.82, 2.24) is 19.8 Å². The van der Waals surface area contributed by atoms with Gasteiger partial charge in [0.1, 0.15) is 0 Å². The molecule has 1 aliphatic carbocycles. The number of ether oxygens (including phenoxy) is 3. The van der Waals surface area contributed by atoms with Crippen LogP contribution in [0.1, 0.15) is 39.8 Å². The predicted molar refractivity (Wildman–Crippen MR) is 122 cm³/mol. The second-order valence-corrected chi connectivity index (χ2v) is 8.04. The average Bonchev–Trinajstić information content (AvgIpc) is 3.19. The molecule has 0 saturated heterocycles. The summed E-state index contributed by atoms with van der Waals surface area (Å²) in [5.74, 6) is 1.50. The first-order chi connectivity index (χ1) is 16.0. The topological polar surface area (TPSA) is 87.8 Å². The number of ketones is 1. The highest BCUT2D eigenvalue weighted by Crippen LogP contribution is 2.42. The molecule has 0 unspecified atom stereocenters. The maximum absolute atomic E-state index is 13.1. The number of benzene rings is 2. The van der Waals surface area contributed by atoms with Gasteiger partial charge in [0.2, 0.25) is 5.75 Å². The molecule has 0 aliphatic heterocycles. The largest absolute Gasteiger partial charge is 0.493 e. The van der Waals surface area contributed by atoms with Crippen LogP contribution in [0.2, 0.25) is 0 Å². The number of aryl methyl sites for hydroxylation is 1. The van der Waals surface area contributed by atoms with Crippen LogP contribution < -0.4 is 14.2 Å². The van der Waals surface area contributed by atoms with Crippen molar-refractivity contribution in [2.75, 3.05) is 21.3 Å². The Morgan fingerprint density at radius 3 is 2.27 bits per heavy atom. The summed E-state index contributed by atoms with van der Waals surface area (Å²) in [5.41, 5.74) is 5.51. The molecular weight excluding hydrogens is 420 g/mol. The predicted octanol–water partition coefficient (Wildman–Crippen LogP) is 4.04. The fraction of sp³-hybridized carbons (Fsp3) is 0.280. The molecular formula is C25H24N4O4. The number of methoxy groups -OCH3 is 3. The van der Waals surface area contributed by atoms with Crippen LogP contribution in [0.5, 0.6) is 17.2 Å². The molecule has 33 heavy (non-hydrogen) atoms. The van der Waals surface area contributed by atoms with Gasteiger partial charge in [-0.05, 0) is 42.5 Å². The zero-order chi connectivity index (χ0) is 23.1. The van der Waals surface area contributed by atoms with Gasteiger partial charge in [0.05, 0.1) is 38.3 Å². The summed E-state index contributed by atoms with van der Waals surface area (Å²) in [6.45, 7) is 1.95. The van der Waals surface area contributed by atoms with E-state index in [9.17, 15) is 4.79 Å². The minimum atomic E-state index is -0.0872. The van der Waals surface area contributed by atoms with Crippen LogP contribution in [0.15, 0.2) is 42.5 Å². The number of carbonyl (C=O) groups excluding carboxylic acids is 1. The van der Waals surface area contributed by atoms with E-state index in [0.717, 1.165) is 28.1 Å². The van der Waals surface area contributed by atoms with Crippen molar-refractivity contribution in [3.8, 4) is 28.4 Å². The molecule has 0 bridgehead atoms. The lowest BCUT2D eigenvalue weighted by Gasteiger charge is -2.24. The third-order valence-corrected chi connectivity index (χ3v) is 6.17. The van der Waals surface area contributed by atoms with Crippen molar-refractivity contribution < 1.29 is 19.0 Å². The first-order valence-electron chi connectivity index (χ1n) is 10.7. The summed E-state index contributed by atoms with van der Waals surface area (Å²) in [6, 6.07) is 13.8. The molecule has 0 N–H and O–H groups in total. The van der Waals surface area contributed by atoms with E-state index in [4.69, 9.17) is 19.3 Å². The quantitative estimate of drug-likeness (QED) is 0.459. The normalized spacial score (nSPS) is 15.4. The summed E-state index contributed by atoms with van der Waals surface area (Å²) < 4.78 is 18.3. The monoisotopic (exact) mass is 444 g/mol. The number of nitrogens with zero attached hydrogens (tertiary/aromatic N) is 4. The minimum absolute atomic E-state index is 0.0567. The van der Waals surface area contributed by atoms with Gasteiger partial charge >= 0.3 is 0 Å². The Kier molecular flexibility index (Phi) is 5.20. The van der Waals surface area contributed by atoms with Gasteiger partial charge in [-0.25, -0.2) is 4.52 Å². The molecule has 1 atom stereocenters. The molecule has 2 aromatic heterocycles. The van der Waals surface area contributed by atoms with E-state index in [1.807, 2.05) is 49.4 Å². The van der Waals surface area contributed by atoms with Gasteiger partial charge in [-0.1, -0.05) is 30.3 Å². The van der Waals surface area contributed by atoms with Crippen LogP contribution in [0.25, 0.3) is 16.8 Å². The molecule has 8 heteroatoms. The van der Waals surface area contributed by atoms with E-state index < -0.39 is 0 Å². The van der Waals surface area contributed by atoms with Gasteiger partial charge in [0, 0.05) is 6.42 Å². The average molecular weight is 444 g/mol. The van der Waals surface area contributed by atoms with Gasteiger partial charge in [0.15, 0.2) is 28.6 Å². The lowest BCUT2D eigenvalue weighted by Crippen LogP contribution is -2.24. The van der Waals surface area contributed by atoms with E-state index in [1.165, 1.54) is 0 Å². The summed E-state index contributed by atoms with van der Waals surface area (Å²) >= 11 is 0. The second kappa shape index (κ2) is 8.20. The van der Waals surface area contributed by atoms with E-state index >= 15 is 0 Å². The standard InChI is InChI=1S/C25H24N4O4/c1-14-22(15-8-6-5-7-9-15)25-27-26-23-18(29(25)28-14)10-16(11-19(23)30)17-12-20(31-2)24(33-4)21(13-17)32-3/h5-9,12-13,16H,10-11H2,1-4H3/t16-/m0/s1. The lowest BCUT2D eigenvalue weighted by molar-refractivity contribution is 0.0955. The maximum Gasteiger partial charge on any atom is 0.203 e. The Morgan fingerprint density at radius 2 is 1.64 bits per heavy atom. The van der Waals surface area contributed by atoms with E-state index in [0.29, 0.717) is 41.4 Å². The van der Waals surface area contributed by atoms with Crippen LogP contribution in [-0.4, -0.2) is 46.9 Å². The molecule has 0 saturated carbocycles. The SMILES string of the molecule is COc1cc([C@@H]2CC(=O)c3nnc4c(-c5ccccc5)c(C)nn4c3C2)cc(OC)c1OC. The number of rotatable bonds is 5. The molecule has 4 aromatic rings. The zero-order valence-corrected chi connectivity index (χ0v) is 19.0. The molecule has 0 amide bonds. The molecule has 0 fully saturated rings. The molecule has 2 aromatic carbocycles. The Bertz CT molecular complexity index is 1340. The smallest absolute Gasteiger partial charge is 0.203 e. The molecule has 0 spiro atoms. The fourth-order valence-corrected chi connectivity index (χ4v) is 4.59. The van der Waals surface area contributed by atoms with Crippen molar-refractivity contribution in [2.45, 2.75) is 25.7 Å². The minimum Gasteiger partial charge on any atom is -0.493 e. The van der Waals surface area contributed by atoms with Gasteiger partial charge in [0.25, 0.3) is 0 Å². The summed E-state index contributed by atoms with van der Waals surface area (Å²) in [7, 11) is 4.73. The fourth-order valence-electron chi connectivity index (χ4n) is 4.59. The Hall–Kier alpha value is -3.94. The van der Waals surface area contributed by atoms with Crippen molar-refractivity contribution in [2.24, 2.45) is 0 Å². The van der Waals surface area contributed by atoms with Crippen molar-refractivity contribution in [3.05, 3.63) is 65.1 Å². The summed E-state index contributed by atoms with van der Waals surface area (Å²) in [4.78, 5) is 13.1. The van der Waals surface area contributed by atoms with Gasteiger partial charge in [-0.15, -0.1) is 10.2 Å². The van der Waals surface area contributed by atoms with Gasteiger partial charge in [-0.2, -0.15) is 5.10 Å². The van der Waals surface area contributed by atoms with Gasteiger partial charge in [-0.3, -0.25) is 4.79 Å². The van der Waals surface area contributed by atoms with Crippen LogP contribution in [0.3, 0.4) is 0 Å². The van der Waals surface area contributed by atoms with E-state index in [1.54, 1.807) is 25.8 Å². The number of fused-ring (bicyclic) bond motifs is 3. The highest BCUT2D eigenvalue weighted by Gasteiger charge is 2.32. The van der Waals surface area contributed by atoms with Crippen molar-refractivity contribution >= 4 is 11.4 Å². The summed E-state index contributed by atoms with van der Waals surface area (Å²) in [6.07, 6.45) is 0.901. The molecule has 0 radical (unpaired) electrons. The van der Waals surface area contributed by atoms with Crippen LogP contribution in [0.4, 0.5) is 0 Å². The number of aromatic nitrogens is 4. The van der Waals surface area contributed by atoms with Crippen LogP contribution in [0, 0.1) is 6.92 Å². The third kappa shape index (κ3) is 3.38. The van der Waals surface area contributed by atoms with Crippen LogP contribution >= 0.6 is 0 Å². The first-order valence-corrected chi connectivity index (χ1v) is 10.7. The Morgan fingerprint density at radius 1 is 0.939 bits per heavy atom. The highest BCUT2D eigenvalue weighted by molar-refractivity contribution is 5.97. The lowest BCUT2D eigenvalue weighted by atomic mass is 9.83.